The number of nitrogens with one attached hydrogen (secondary N) is 1. The lowest BCUT2D eigenvalue weighted by atomic mass is 9.91. The second-order valence-corrected chi connectivity index (χ2v) is 7.44. The summed E-state index contributed by atoms with van der Waals surface area (Å²) in [6.45, 7) is 8.61. The third-order valence-electron chi connectivity index (χ3n) is 4.71. The Morgan fingerprint density at radius 3 is 2.48 bits per heavy atom. The van der Waals surface area contributed by atoms with Crippen molar-refractivity contribution in [2.24, 2.45) is 11.8 Å². The van der Waals surface area contributed by atoms with Gasteiger partial charge in [0.05, 0.1) is 12.6 Å². The Morgan fingerprint density at radius 1 is 1.16 bits per heavy atom. The van der Waals surface area contributed by atoms with Crippen LogP contribution in [-0.4, -0.2) is 29.1 Å². The molecule has 1 aromatic heterocycles. The minimum atomic E-state index is -0.0245. The van der Waals surface area contributed by atoms with Crippen molar-refractivity contribution in [3.05, 3.63) is 53.4 Å². The molecule has 0 aliphatic carbocycles. The zero-order valence-electron chi connectivity index (χ0n) is 15.1. The van der Waals surface area contributed by atoms with Gasteiger partial charge < -0.3 is 9.84 Å². The number of nitrogens with zero attached hydrogens (tertiary/aromatic N) is 2. The van der Waals surface area contributed by atoms with Crippen molar-refractivity contribution in [1.29, 1.82) is 0 Å². The summed E-state index contributed by atoms with van der Waals surface area (Å²) in [6, 6.07) is 8.55. The highest BCUT2D eigenvalue weighted by Gasteiger charge is 2.21. The second-order valence-electron chi connectivity index (χ2n) is 7.44. The number of rotatable bonds is 6. The van der Waals surface area contributed by atoms with Gasteiger partial charge in [0, 0.05) is 31.7 Å². The quantitative estimate of drug-likeness (QED) is 0.877. The van der Waals surface area contributed by atoms with Crippen molar-refractivity contribution in [1.82, 2.24) is 15.4 Å². The van der Waals surface area contributed by atoms with Crippen LogP contribution in [0, 0.1) is 11.8 Å². The number of aromatic nitrogens is 1. The molecule has 0 bridgehead atoms. The Hall–Kier alpha value is -2.14. The lowest BCUT2D eigenvalue weighted by Crippen LogP contribution is -2.38. The molecule has 0 saturated carbocycles. The Kier molecular flexibility index (Phi) is 5.87. The molecule has 3 rings (SSSR count). The van der Waals surface area contributed by atoms with E-state index >= 15 is 0 Å². The third-order valence-corrected chi connectivity index (χ3v) is 4.71. The first-order chi connectivity index (χ1) is 12.1. The van der Waals surface area contributed by atoms with Gasteiger partial charge in [0.15, 0.2) is 0 Å². The highest BCUT2D eigenvalue weighted by molar-refractivity contribution is 5.78. The molecule has 5 heteroatoms. The molecule has 0 spiro atoms. The maximum absolute atomic E-state index is 11.9. The number of amides is 1. The number of piperidine rings is 1. The van der Waals surface area contributed by atoms with E-state index in [1.807, 2.05) is 0 Å². The summed E-state index contributed by atoms with van der Waals surface area (Å²) in [6.07, 6.45) is 4.70. The van der Waals surface area contributed by atoms with E-state index in [1.54, 1.807) is 6.20 Å². The molecule has 134 valence electrons. The topological polar surface area (TPSA) is 58.4 Å². The van der Waals surface area contributed by atoms with Crippen LogP contribution >= 0.6 is 0 Å². The fraction of sp³-hybridized carbons (Fsp3) is 0.500. The van der Waals surface area contributed by atoms with Crippen LogP contribution in [0.4, 0.5) is 0 Å². The molecule has 1 aliphatic rings. The number of hydrogen-bond acceptors (Lipinski definition) is 4. The highest BCUT2D eigenvalue weighted by atomic mass is 16.5. The van der Waals surface area contributed by atoms with Gasteiger partial charge in [-0.05, 0) is 29.4 Å². The monoisotopic (exact) mass is 341 g/mol. The molecule has 2 atom stereocenters. The van der Waals surface area contributed by atoms with Crippen LogP contribution in [-0.2, 0) is 24.3 Å². The molecule has 25 heavy (non-hydrogen) atoms. The van der Waals surface area contributed by atoms with E-state index in [0.29, 0.717) is 13.0 Å². The van der Waals surface area contributed by atoms with E-state index in [2.05, 4.69) is 53.5 Å². The molecule has 1 N–H and O–H groups in total. The molecule has 5 nitrogen and oxygen atoms in total. The predicted molar refractivity (Wildman–Crippen MR) is 96.7 cm³/mol. The van der Waals surface area contributed by atoms with Crippen LogP contribution in [0.5, 0.6) is 0 Å². The standard InChI is InChI=1S/C20H27N3O2/c1-15-7-16(2)12-23(11-15)13-18-5-3-17(4-6-18)9-21-20(24)8-19-10-22-25-14-19/h3-6,10,14-16H,7-9,11-13H2,1-2H3,(H,21,24). The van der Waals surface area contributed by atoms with Gasteiger partial charge in [0.25, 0.3) is 0 Å². The van der Waals surface area contributed by atoms with Crippen LogP contribution in [0.25, 0.3) is 0 Å². The summed E-state index contributed by atoms with van der Waals surface area (Å²) in [5.41, 5.74) is 3.24. The molecule has 2 unspecified atom stereocenters. The average molecular weight is 341 g/mol. The lowest BCUT2D eigenvalue weighted by molar-refractivity contribution is -0.120. The molecule has 0 radical (unpaired) electrons. The molecule has 2 heterocycles. The first kappa shape index (κ1) is 17.7. The Morgan fingerprint density at radius 2 is 1.84 bits per heavy atom. The largest absolute Gasteiger partial charge is 0.364 e. The minimum absolute atomic E-state index is 0.0245. The third kappa shape index (κ3) is 5.43. The number of carbonyl (C=O) groups is 1. The smallest absolute Gasteiger partial charge is 0.224 e. The maximum atomic E-state index is 11.9. The van der Waals surface area contributed by atoms with Crippen molar-refractivity contribution in [3.63, 3.8) is 0 Å². The van der Waals surface area contributed by atoms with Crippen LogP contribution in [0.2, 0.25) is 0 Å². The van der Waals surface area contributed by atoms with Crippen molar-refractivity contribution >= 4 is 5.91 Å². The number of hydrogen-bond donors (Lipinski definition) is 1. The number of carbonyl (C=O) groups excluding carboxylic acids is 1. The minimum Gasteiger partial charge on any atom is -0.364 e. The predicted octanol–water partition coefficient (Wildman–Crippen LogP) is 3.01. The second kappa shape index (κ2) is 8.30. The summed E-state index contributed by atoms with van der Waals surface area (Å²) < 4.78 is 4.73. The molecule has 1 amide bonds. The van der Waals surface area contributed by atoms with E-state index in [1.165, 1.54) is 31.3 Å². The van der Waals surface area contributed by atoms with Crippen molar-refractivity contribution in [2.45, 2.75) is 39.8 Å². The first-order valence-corrected chi connectivity index (χ1v) is 9.03. The summed E-state index contributed by atoms with van der Waals surface area (Å²) >= 11 is 0. The van der Waals surface area contributed by atoms with Gasteiger partial charge >= 0.3 is 0 Å². The molecular weight excluding hydrogens is 314 g/mol. The Bertz CT molecular complexity index is 657. The fourth-order valence-corrected chi connectivity index (χ4v) is 3.70. The van der Waals surface area contributed by atoms with Gasteiger partial charge in [-0.2, -0.15) is 0 Å². The highest BCUT2D eigenvalue weighted by Crippen LogP contribution is 2.22. The normalized spacial score (nSPS) is 21.2. The molecule has 1 fully saturated rings. The van der Waals surface area contributed by atoms with E-state index in [4.69, 9.17) is 4.52 Å². The molecule has 1 saturated heterocycles. The van der Waals surface area contributed by atoms with Gasteiger partial charge in [-0.3, -0.25) is 9.69 Å². The van der Waals surface area contributed by atoms with E-state index in [0.717, 1.165) is 29.5 Å². The number of benzene rings is 1. The number of likely N-dealkylation sites (tertiary alicyclic amines) is 1. The molecule has 1 aliphatic heterocycles. The molecule has 2 aromatic rings. The van der Waals surface area contributed by atoms with E-state index in [9.17, 15) is 4.79 Å². The maximum Gasteiger partial charge on any atom is 0.224 e. The van der Waals surface area contributed by atoms with Gasteiger partial charge in [0.2, 0.25) is 5.91 Å². The van der Waals surface area contributed by atoms with Gasteiger partial charge in [-0.1, -0.05) is 43.3 Å². The summed E-state index contributed by atoms with van der Waals surface area (Å²) in [5, 5.41) is 6.53. The molecule has 1 aromatic carbocycles. The molecular formula is C20H27N3O2. The van der Waals surface area contributed by atoms with Crippen LogP contribution in [0.1, 0.15) is 37.0 Å². The van der Waals surface area contributed by atoms with Crippen LogP contribution in [0.15, 0.2) is 41.2 Å². The summed E-state index contributed by atoms with van der Waals surface area (Å²) in [7, 11) is 0. The van der Waals surface area contributed by atoms with Crippen molar-refractivity contribution in [2.75, 3.05) is 13.1 Å². The first-order valence-electron chi connectivity index (χ1n) is 9.03. The lowest BCUT2D eigenvalue weighted by Gasteiger charge is -2.35. The SMILES string of the molecule is CC1CC(C)CN(Cc2ccc(CNC(=O)Cc3cnoc3)cc2)C1. The van der Waals surface area contributed by atoms with Crippen molar-refractivity contribution < 1.29 is 9.32 Å². The van der Waals surface area contributed by atoms with Crippen molar-refractivity contribution in [3.8, 4) is 0 Å². The fourth-order valence-electron chi connectivity index (χ4n) is 3.70. The van der Waals surface area contributed by atoms with Crippen LogP contribution < -0.4 is 5.32 Å². The van der Waals surface area contributed by atoms with Gasteiger partial charge in [-0.25, -0.2) is 0 Å². The van der Waals surface area contributed by atoms with Crippen LogP contribution in [0.3, 0.4) is 0 Å². The Balaban J connectivity index is 1.46. The average Bonchev–Trinajstić information content (AvgIpc) is 3.06. The zero-order valence-corrected chi connectivity index (χ0v) is 15.1. The zero-order chi connectivity index (χ0) is 17.6. The van der Waals surface area contributed by atoms with Gasteiger partial charge in [-0.15, -0.1) is 0 Å². The summed E-state index contributed by atoms with van der Waals surface area (Å²) in [5.74, 6) is 1.54. The van der Waals surface area contributed by atoms with E-state index < -0.39 is 0 Å². The van der Waals surface area contributed by atoms with Gasteiger partial charge in [0.1, 0.15) is 6.26 Å². The van der Waals surface area contributed by atoms with E-state index in [-0.39, 0.29) is 5.91 Å². The Labute approximate surface area is 149 Å². The summed E-state index contributed by atoms with van der Waals surface area (Å²) in [4.78, 5) is 14.4.